The average Bonchev–Trinajstić information content (AvgIpc) is 3.07. The number of thioether (sulfide) groups is 1. The molecule has 0 saturated carbocycles. The fourth-order valence-corrected chi connectivity index (χ4v) is 3.39. The highest BCUT2D eigenvalue weighted by Gasteiger charge is 2.24. The second kappa shape index (κ2) is 9.36. The van der Waals surface area contributed by atoms with Crippen LogP contribution in [0.2, 0.25) is 0 Å². The summed E-state index contributed by atoms with van der Waals surface area (Å²) < 4.78 is 15.9. The van der Waals surface area contributed by atoms with Crippen LogP contribution < -0.4 is 19.5 Å². The Hall–Kier alpha value is -3.46. The summed E-state index contributed by atoms with van der Waals surface area (Å²) >= 11 is 1.19. The molecular formula is C21H20N2O6S. The molecule has 30 heavy (non-hydrogen) atoms. The zero-order valence-electron chi connectivity index (χ0n) is 16.5. The summed E-state index contributed by atoms with van der Waals surface area (Å²) in [4.78, 5) is 28.2. The third-order valence-electron chi connectivity index (χ3n) is 4.08. The van der Waals surface area contributed by atoms with Crippen LogP contribution in [-0.4, -0.2) is 42.5 Å². The quantitative estimate of drug-likeness (QED) is 0.651. The Morgan fingerprint density at radius 2 is 1.97 bits per heavy atom. The zero-order chi connectivity index (χ0) is 21.7. The van der Waals surface area contributed by atoms with Crippen LogP contribution in [-0.2, 0) is 9.59 Å². The minimum absolute atomic E-state index is 0.281. The number of aliphatic imine (C=N–C) groups is 1. The summed E-state index contributed by atoms with van der Waals surface area (Å²) in [5, 5.41) is 12.1. The van der Waals surface area contributed by atoms with E-state index in [4.69, 9.17) is 19.3 Å². The molecule has 0 aromatic heterocycles. The Bertz CT molecular complexity index is 1030. The van der Waals surface area contributed by atoms with Crippen LogP contribution in [0, 0.1) is 0 Å². The number of hydrogen-bond acceptors (Lipinski definition) is 7. The molecule has 0 bridgehead atoms. The predicted octanol–water partition coefficient (Wildman–Crippen LogP) is 3.45. The van der Waals surface area contributed by atoms with Gasteiger partial charge in [-0.1, -0.05) is 12.1 Å². The molecule has 1 unspecified atom stereocenters. The number of amides is 1. The van der Waals surface area contributed by atoms with Crippen molar-refractivity contribution in [2.24, 2.45) is 4.99 Å². The van der Waals surface area contributed by atoms with Crippen LogP contribution >= 0.6 is 11.8 Å². The van der Waals surface area contributed by atoms with E-state index in [1.807, 2.05) is 0 Å². The first-order valence-corrected chi connectivity index (χ1v) is 9.72. The third-order valence-corrected chi connectivity index (χ3v) is 4.99. The van der Waals surface area contributed by atoms with E-state index in [1.165, 1.54) is 25.8 Å². The number of carboxylic acid groups (broad SMARTS) is 1. The van der Waals surface area contributed by atoms with E-state index < -0.39 is 12.1 Å². The summed E-state index contributed by atoms with van der Waals surface area (Å²) in [6.07, 6.45) is 0.710. The van der Waals surface area contributed by atoms with Gasteiger partial charge in [0.25, 0.3) is 5.91 Å². The standard InChI is InChI=1S/C21H20N2O6S/c1-12(20(25)26)29-15-6-4-5-13(9-15)10-18-19(24)23-21(30-18)22-16-8-7-14(27-2)11-17(16)28-3/h4-12H,1-3H3,(H,25,26)(H,22,23,24)/b18-10+. The number of ether oxygens (including phenoxy) is 3. The lowest BCUT2D eigenvalue weighted by atomic mass is 10.2. The average molecular weight is 428 g/mol. The van der Waals surface area contributed by atoms with Crippen molar-refractivity contribution in [2.45, 2.75) is 13.0 Å². The summed E-state index contributed by atoms with van der Waals surface area (Å²) in [5.74, 6) is 0.223. The molecule has 8 nitrogen and oxygen atoms in total. The summed E-state index contributed by atoms with van der Waals surface area (Å²) in [6, 6.07) is 12.0. The Morgan fingerprint density at radius 3 is 2.67 bits per heavy atom. The van der Waals surface area contributed by atoms with Crippen molar-refractivity contribution in [1.82, 2.24) is 5.32 Å². The maximum atomic E-state index is 12.3. The number of nitrogens with one attached hydrogen (secondary N) is 1. The van der Waals surface area contributed by atoms with E-state index in [1.54, 1.807) is 55.7 Å². The van der Waals surface area contributed by atoms with Gasteiger partial charge in [-0.2, -0.15) is 0 Å². The number of amidine groups is 1. The number of carboxylic acids is 1. The molecule has 3 rings (SSSR count). The van der Waals surface area contributed by atoms with Gasteiger partial charge in [-0.3, -0.25) is 4.79 Å². The fourth-order valence-electron chi connectivity index (χ4n) is 2.55. The lowest BCUT2D eigenvalue weighted by molar-refractivity contribution is -0.144. The zero-order valence-corrected chi connectivity index (χ0v) is 17.4. The largest absolute Gasteiger partial charge is 0.497 e. The second-order valence-corrected chi connectivity index (χ2v) is 7.22. The van der Waals surface area contributed by atoms with Crippen LogP contribution in [0.5, 0.6) is 17.2 Å². The maximum Gasteiger partial charge on any atom is 0.344 e. The van der Waals surface area contributed by atoms with Crippen molar-refractivity contribution < 1.29 is 28.9 Å². The third kappa shape index (κ3) is 5.12. The predicted molar refractivity (Wildman–Crippen MR) is 115 cm³/mol. The Morgan fingerprint density at radius 1 is 1.17 bits per heavy atom. The van der Waals surface area contributed by atoms with Crippen molar-refractivity contribution in [3.8, 4) is 17.2 Å². The topological polar surface area (TPSA) is 106 Å². The van der Waals surface area contributed by atoms with Crippen LogP contribution in [0.15, 0.2) is 52.4 Å². The second-order valence-electron chi connectivity index (χ2n) is 6.19. The number of rotatable bonds is 7. The summed E-state index contributed by atoms with van der Waals surface area (Å²) in [5.41, 5.74) is 1.26. The van der Waals surface area contributed by atoms with Crippen LogP contribution in [0.1, 0.15) is 12.5 Å². The van der Waals surface area contributed by atoms with Gasteiger partial charge in [-0.15, -0.1) is 0 Å². The monoisotopic (exact) mass is 428 g/mol. The van der Waals surface area contributed by atoms with Gasteiger partial charge in [0.15, 0.2) is 11.3 Å². The number of nitrogens with zero attached hydrogens (tertiary/aromatic N) is 1. The van der Waals surface area contributed by atoms with E-state index in [2.05, 4.69) is 10.3 Å². The molecule has 1 atom stereocenters. The normalized spacial score (nSPS) is 17.0. The minimum Gasteiger partial charge on any atom is -0.497 e. The smallest absolute Gasteiger partial charge is 0.344 e. The molecule has 1 heterocycles. The van der Waals surface area contributed by atoms with Crippen molar-refractivity contribution in [3.05, 3.63) is 52.9 Å². The van der Waals surface area contributed by atoms with E-state index in [9.17, 15) is 9.59 Å². The molecule has 1 saturated heterocycles. The van der Waals surface area contributed by atoms with E-state index in [0.29, 0.717) is 38.6 Å². The van der Waals surface area contributed by atoms with Gasteiger partial charge in [0.05, 0.1) is 19.1 Å². The van der Waals surface area contributed by atoms with Gasteiger partial charge < -0.3 is 24.6 Å². The first-order valence-electron chi connectivity index (χ1n) is 8.90. The first kappa shape index (κ1) is 21.3. The number of methoxy groups -OCH3 is 2. The van der Waals surface area contributed by atoms with Gasteiger partial charge in [0.2, 0.25) is 0 Å². The number of aliphatic carboxylic acids is 1. The summed E-state index contributed by atoms with van der Waals surface area (Å²) in [7, 11) is 3.09. The molecule has 1 fully saturated rings. The Kier molecular flexibility index (Phi) is 6.63. The SMILES string of the molecule is COc1ccc(N=C2NC(=O)/C(=C\c3cccc(OC(C)C(=O)O)c3)S2)c(OC)c1. The molecule has 0 aliphatic carbocycles. The van der Waals surface area contributed by atoms with E-state index >= 15 is 0 Å². The molecule has 9 heteroatoms. The van der Waals surface area contributed by atoms with E-state index in [0.717, 1.165) is 0 Å². The fraction of sp³-hybridized carbons (Fsp3) is 0.190. The van der Waals surface area contributed by atoms with Crippen LogP contribution in [0.3, 0.4) is 0 Å². The number of benzene rings is 2. The van der Waals surface area contributed by atoms with Crippen LogP contribution in [0.4, 0.5) is 5.69 Å². The highest BCUT2D eigenvalue weighted by molar-refractivity contribution is 8.18. The van der Waals surface area contributed by atoms with Crippen molar-refractivity contribution in [2.75, 3.05) is 14.2 Å². The molecule has 1 amide bonds. The maximum absolute atomic E-state index is 12.3. The van der Waals surface area contributed by atoms with Crippen molar-refractivity contribution in [1.29, 1.82) is 0 Å². The first-order chi connectivity index (χ1) is 14.4. The van der Waals surface area contributed by atoms with Crippen molar-refractivity contribution in [3.63, 3.8) is 0 Å². The molecule has 2 aromatic rings. The van der Waals surface area contributed by atoms with Gasteiger partial charge in [-0.25, -0.2) is 9.79 Å². The Balaban J connectivity index is 1.80. The highest BCUT2D eigenvalue weighted by Crippen LogP contribution is 2.34. The minimum atomic E-state index is -1.06. The van der Waals surface area contributed by atoms with Gasteiger partial charge >= 0.3 is 5.97 Å². The van der Waals surface area contributed by atoms with Crippen LogP contribution in [0.25, 0.3) is 6.08 Å². The number of hydrogen-bond donors (Lipinski definition) is 2. The Labute approximate surface area is 177 Å². The molecule has 156 valence electrons. The number of carbonyl (C=O) groups is 2. The highest BCUT2D eigenvalue weighted by atomic mass is 32.2. The van der Waals surface area contributed by atoms with Gasteiger partial charge in [0.1, 0.15) is 22.9 Å². The molecule has 2 N–H and O–H groups in total. The molecule has 2 aromatic carbocycles. The molecule has 1 aliphatic rings. The lowest BCUT2D eigenvalue weighted by Gasteiger charge is -2.10. The van der Waals surface area contributed by atoms with Gasteiger partial charge in [0, 0.05) is 6.07 Å². The van der Waals surface area contributed by atoms with E-state index in [-0.39, 0.29) is 5.91 Å². The lowest BCUT2D eigenvalue weighted by Crippen LogP contribution is -2.22. The van der Waals surface area contributed by atoms with Gasteiger partial charge in [-0.05, 0) is 54.6 Å². The molecular weight excluding hydrogens is 408 g/mol. The molecule has 1 aliphatic heterocycles. The molecule has 0 radical (unpaired) electrons. The molecule has 0 spiro atoms. The number of carbonyl (C=O) groups excluding carboxylic acids is 1. The summed E-state index contributed by atoms with van der Waals surface area (Å²) in [6.45, 7) is 1.45. The van der Waals surface area contributed by atoms with Crippen molar-refractivity contribution >= 4 is 40.6 Å².